The first-order valence-corrected chi connectivity index (χ1v) is 8.12. The van der Waals surface area contributed by atoms with E-state index in [2.05, 4.69) is 16.6 Å². The highest BCUT2D eigenvalue weighted by Gasteiger charge is 2.27. The minimum atomic E-state index is -2.91. The van der Waals surface area contributed by atoms with Crippen molar-refractivity contribution in [3.05, 3.63) is 29.8 Å². The molecule has 106 valence electrons. The Morgan fingerprint density at radius 3 is 2.90 bits per heavy atom. The molecule has 5 nitrogen and oxygen atoms in total. The van der Waals surface area contributed by atoms with E-state index in [4.69, 9.17) is 6.42 Å². The van der Waals surface area contributed by atoms with Crippen LogP contribution in [0.1, 0.15) is 12.0 Å². The molecule has 2 rings (SSSR count). The molecule has 2 amide bonds. The van der Waals surface area contributed by atoms with Gasteiger partial charge in [-0.05, 0) is 30.5 Å². The SMILES string of the molecule is C#Cc1cccc(NC(=O)NC[C@@H]2CCS(=O)(=O)C2)c1. The summed E-state index contributed by atoms with van der Waals surface area (Å²) >= 11 is 0. The quantitative estimate of drug-likeness (QED) is 0.823. The van der Waals surface area contributed by atoms with Gasteiger partial charge in [-0.1, -0.05) is 12.0 Å². The number of carbonyl (C=O) groups excluding carboxylic acids is 1. The molecule has 1 saturated heterocycles. The smallest absolute Gasteiger partial charge is 0.319 e. The summed E-state index contributed by atoms with van der Waals surface area (Å²) in [6, 6.07) is 6.60. The fourth-order valence-corrected chi connectivity index (χ4v) is 3.99. The molecule has 0 unspecified atom stereocenters. The Labute approximate surface area is 118 Å². The van der Waals surface area contributed by atoms with Crippen molar-refractivity contribution in [2.24, 2.45) is 5.92 Å². The zero-order valence-corrected chi connectivity index (χ0v) is 11.7. The summed E-state index contributed by atoms with van der Waals surface area (Å²) in [5, 5.41) is 5.35. The summed E-state index contributed by atoms with van der Waals surface area (Å²) in [5.74, 6) is 2.86. The number of benzene rings is 1. The zero-order valence-electron chi connectivity index (χ0n) is 10.9. The molecule has 0 radical (unpaired) electrons. The van der Waals surface area contributed by atoms with Crippen LogP contribution in [0.15, 0.2) is 24.3 Å². The highest BCUT2D eigenvalue weighted by Crippen LogP contribution is 2.17. The molecule has 1 aromatic carbocycles. The first kappa shape index (κ1) is 14.4. The maximum atomic E-state index is 11.7. The number of anilines is 1. The van der Waals surface area contributed by atoms with Crippen LogP contribution in [0.5, 0.6) is 0 Å². The number of rotatable bonds is 3. The number of amides is 2. The minimum Gasteiger partial charge on any atom is -0.338 e. The molecule has 0 saturated carbocycles. The summed E-state index contributed by atoms with van der Waals surface area (Å²) in [4.78, 5) is 11.7. The number of urea groups is 1. The van der Waals surface area contributed by atoms with Crippen molar-refractivity contribution in [1.82, 2.24) is 5.32 Å². The highest BCUT2D eigenvalue weighted by atomic mass is 32.2. The Hall–Kier alpha value is -2.00. The van der Waals surface area contributed by atoms with E-state index in [9.17, 15) is 13.2 Å². The van der Waals surface area contributed by atoms with E-state index in [1.807, 2.05) is 0 Å². The third kappa shape index (κ3) is 4.00. The Morgan fingerprint density at radius 2 is 2.25 bits per heavy atom. The van der Waals surface area contributed by atoms with Gasteiger partial charge >= 0.3 is 6.03 Å². The first-order chi connectivity index (χ1) is 9.48. The van der Waals surface area contributed by atoms with Crippen LogP contribution in [0, 0.1) is 18.3 Å². The summed E-state index contributed by atoms with van der Waals surface area (Å²) < 4.78 is 22.6. The van der Waals surface area contributed by atoms with Crippen LogP contribution in [-0.2, 0) is 9.84 Å². The van der Waals surface area contributed by atoms with Gasteiger partial charge in [0.05, 0.1) is 11.5 Å². The van der Waals surface area contributed by atoms with Gasteiger partial charge in [0.15, 0.2) is 9.84 Å². The second-order valence-electron chi connectivity index (χ2n) is 4.83. The molecule has 1 aliphatic heterocycles. The van der Waals surface area contributed by atoms with Crippen molar-refractivity contribution < 1.29 is 13.2 Å². The van der Waals surface area contributed by atoms with Gasteiger partial charge in [0.25, 0.3) is 0 Å². The summed E-state index contributed by atoms with van der Waals surface area (Å²) in [6.45, 7) is 0.361. The Balaban J connectivity index is 1.83. The normalized spacial score (nSPS) is 20.1. The van der Waals surface area contributed by atoms with Gasteiger partial charge in [-0.15, -0.1) is 6.42 Å². The van der Waals surface area contributed by atoms with E-state index in [1.165, 1.54) is 0 Å². The molecule has 1 fully saturated rings. The summed E-state index contributed by atoms with van der Waals surface area (Å²) in [6.07, 6.45) is 5.89. The number of hydrogen-bond donors (Lipinski definition) is 2. The average Bonchev–Trinajstić information content (AvgIpc) is 2.76. The predicted molar refractivity (Wildman–Crippen MR) is 78.2 cm³/mol. The Bertz CT molecular complexity index is 647. The standard InChI is InChI=1S/C14H16N2O3S/c1-2-11-4-3-5-13(8-11)16-14(17)15-9-12-6-7-20(18,19)10-12/h1,3-5,8,12H,6-7,9-10H2,(H2,15,16,17)/t12-/m0/s1. The summed E-state index contributed by atoms with van der Waals surface area (Å²) in [5.41, 5.74) is 1.29. The molecule has 0 bridgehead atoms. The molecule has 2 N–H and O–H groups in total. The lowest BCUT2D eigenvalue weighted by Gasteiger charge is -2.11. The van der Waals surface area contributed by atoms with Gasteiger partial charge in [0.1, 0.15) is 0 Å². The number of carbonyl (C=O) groups is 1. The van der Waals surface area contributed by atoms with Crippen molar-refractivity contribution in [2.45, 2.75) is 6.42 Å². The third-order valence-corrected chi connectivity index (χ3v) is 5.00. The molecular formula is C14H16N2O3S. The molecule has 0 aliphatic carbocycles. The van der Waals surface area contributed by atoms with Crippen molar-refractivity contribution >= 4 is 21.6 Å². The third-order valence-electron chi connectivity index (χ3n) is 3.17. The molecule has 20 heavy (non-hydrogen) atoms. The van der Waals surface area contributed by atoms with Crippen molar-refractivity contribution in [3.8, 4) is 12.3 Å². The monoisotopic (exact) mass is 292 g/mol. The Kier molecular flexibility index (Phi) is 4.30. The van der Waals surface area contributed by atoms with Crippen molar-refractivity contribution in [3.63, 3.8) is 0 Å². The second kappa shape index (κ2) is 5.97. The van der Waals surface area contributed by atoms with E-state index in [0.29, 0.717) is 24.2 Å². The number of sulfone groups is 1. The van der Waals surface area contributed by atoms with Crippen LogP contribution in [0.4, 0.5) is 10.5 Å². The van der Waals surface area contributed by atoms with E-state index >= 15 is 0 Å². The highest BCUT2D eigenvalue weighted by molar-refractivity contribution is 7.91. The average molecular weight is 292 g/mol. The number of hydrogen-bond acceptors (Lipinski definition) is 3. The van der Waals surface area contributed by atoms with Gasteiger partial charge in [0, 0.05) is 17.8 Å². The Morgan fingerprint density at radius 1 is 1.45 bits per heavy atom. The molecule has 1 heterocycles. The summed E-state index contributed by atoms with van der Waals surface area (Å²) in [7, 11) is -2.91. The van der Waals surface area contributed by atoms with Gasteiger partial charge in [-0.3, -0.25) is 0 Å². The fourth-order valence-electron chi connectivity index (χ4n) is 2.13. The molecule has 1 aliphatic rings. The van der Waals surface area contributed by atoms with E-state index in [1.54, 1.807) is 24.3 Å². The lowest BCUT2D eigenvalue weighted by atomic mass is 10.1. The van der Waals surface area contributed by atoms with Crippen LogP contribution in [0.3, 0.4) is 0 Å². The first-order valence-electron chi connectivity index (χ1n) is 6.30. The van der Waals surface area contributed by atoms with Gasteiger partial charge in [0.2, 0.25) is 0 Å². The lowest BCUT2D eigenvalue weighted by Crippen LogP contribution is -2.33. The van der Waals surface area contributed by atoms with Crippen LogP contribution < -0.4 is 10.6 Å². The van der Waals surface area contributed by atoms with Crippen LogP contribution in [-0.4, -0.2) is 32.5 Å². The van der Waals surface area contributed by atoms with Crippen molar-refractivity contribution in [1.29, 1.82) is 0 Å². The molecule has 1 atom stereocenters. The molecule has 1 aromatic rings. The maximum Gasteiger partial charge on any atom is 0.319 e. The van der Waals surface area contributed by atoms with E-state index in [-0.39, 0.29) is 23.5 Å². The molecular weight excluding hydrogens is 276 g/mol. The molecule has 6 heteroatoms. The lowest BCUT2D eigenvalue weighted by molar-refractivity contribution is 0.250. The number of terminal acetylenes is 1. The van der Waals surface area contributed by atoms with Gasteiger partial charge < -0.3 is 10.6 Å². The van der Waals surface area contributed by atoms with E-state index in [0.717, 1.165) is 0 Å². The fraction of sp³-hybridized carbons (Fsp3) is 0.357. The minimum absolute atomic E-state index is 0.00259. The van der Waals surface area contributed by atoms with Crippen LogP contribution >= 0.6 is 0 Å². The maximum absolute atomic E-state index is 11.7. The van der Waals surface area contributed by atoms with Gasteiger partial charge in [-0.2, -0.15) is 0 Å². The van der Waals surface area contributed by atoms with E-state index < -0.39 is 9.84 Å². The largest absolute Gasteiger partial charge is 0.338 e. The molecule has 0 spiro atoms. The second-order valence-corrected chi connectivity index (χ2v) is 7.06. The zero-order chi connectivity index (χ0) is 14.6. The molecule has 0 aromatic heterocycles. The number of nitrogens with one attached hydrogen (secondary N) is 2. The van der Waals surface area contributed by atoms with Crippen LogP contribution in [0.25, 0.3) is 0 Å². The van der Waals surface area contributed by atoms with Crippen LogP contribution in [0.2, 0.25) is 0 Å². The predicted octanol–water partition coefficient (Wildman–Crippen LogP) is 1.22. The topological polar surface area (TPSA) is 75.3 Å². The van der Waals surface area contributed by atoms with Crippen molar-refractivity contribution in [2.75, 3.05) is 23.4 Å². The van der Waals surface area contributed by atoms with Gasteiger partial charge in [-0.25, -0.2) is 13.2 Å².